The highest BCUT2D eigenvalue weighted by Gasteiger charge is 2.47. The molecule has 1 aromatic rings. The summed E-state index contributed by atoms with van der Waals surface area (Å²) in [5.41, 5.74) is 2.56. The van der Waals surface area contributed by atoms with Crippen molar-refractivity contribution in [2.24, 2.45) is 17.8 Å². The smallest absolute Gasteiger partial charge is 0.308 e. The molecule has 1 amide bonds. The molecule has 1 aliphatic carbocycles. The van der Waals surface area contributed by atoms with Crippen molar-refractivity contribution in [1.29, 1.82) is 0 Å². The minimum absolute atomic E-state index is 0.0445. The Balaban J connectivity index is 1.89. The first-order chi connectivity index (χ1) is 11.8. The van der Waals surface area contributed by atoms with Gasteiger partial charge in [0, 0.05) is 24.3 Å². The Morgan fingerprint density at radius 2 is 1.92 bits per heavy atom. The number of aromatic amines is 1. The van der Waals surface area contributed by atoms with Gasteiger partial charge in [-0.15, -0.1) is 0 Å². The molecule has 1 aromatic heterocycles. The number of carbonyl (C=O) groups excluding carboxylic acids is 2. The van der Waals surface area contributed by atoms with Crippen LogP contribution in [0.25, 0.3) is 0 Å². The van der Waals surface area contributed by atoms with Crippen molar-refractivity contribution < 1.29 is 19.5 Å². The van der Waals surface area contributed by atoms with Crippen LogP contribution in [0.3, 0.4) is 0 Å². The van der Waals surface area contributed by atoms with E-state index in [1.54, 1.807) is 4.90 Å². The van der Waals surface area contributed by atoms with Crippen LogP contribution in [0.5, 0.6) is 0 Å². The van der Waals surface area contributed by atoms with Crippen molar-refractivity contribution >= 4 is 17.7 Å². The Labute approximate surface area is 147 Å². The minimum atomic E-state index is -0.812. The van der Waals surface area contributed by atoms with Gasteiger partial charge in [0.05, 0.1) is 5.92 Å². The number of aromatic nitrogens is 1. The lowest BCUT2D eigenvalue weighted by Crippen LogP contribution is -2.31. The molecule has 2 N–H and O–H groups in total. The van der Waals surface area contributed by atoms with Gasteiger partial charge in [-0.25, -0.2) is 0 Å². The van der Waals surface area contributed by atoms with E-state index in [9.17, 15) is 19.5 Å². The topological polar surface area (TPSA) is 90.5 Å². The van der Waals surface area contributed by atoms with Crippen LogP contribution in [0.2, 0.25) is 0 Å². The molecule has 6 nitrogen and oxygen atoms in total. The fraction of sp³-hybridized carbons (Fsp3) is 0.632. The van der Waals surface area contributed by atoms with Gasteiger partial charge in [0.1, 0.15) is 5.69 Å². The average Bonchev–Trinajstić information content (AvgIpc) is 3.19. The SMILES string of the molecule is CCCc1c(C(=O)N2C[C@H](C(=O)O)[C@@H](C3CC3)C2)[nH]c(C)c1C(C)=O. The van der Waals surface area contributed by atoms with E-state index in [2.05, 4.69) is 4.98 Å². The molecule has 0 spiro atoms. The zero-order chi connectivity index (χ0) is 18.3. The van der Waals surface area contributed by atoms with Gasteiger partial charge < -0.3 is 15.0 Å². The number of Topliss-reactive ketones (excluding diaryl/α,β-unsaturated/α-hetero) is 1. The summed E-state index contributed by atoms with van der Waals surface area (Å²) in [5, 5.41) is 9.50. The fourth-order valence-electron chi connectivity index (χ4n) is 4.25. The number of hydrogen-bond donors (Lipinski definition) is 2. The number of nitrogens with zero attached hydrogens (tertiary/aromatic N) is 1. The second kappa shape index (κ2) is 6.65. The van der Waals surface area contributed by atoms with Gasteiger partial charge in [0.25, 0.3) is 5.91 Å². The number of carbonyl (C=O) groups is 3. The number of nitrogens with one attached hydrogen (secondary N) is 1. The first kappa shape index (κ1) is 17.7. The van der Waals surface area contributed by atoms with Crippen LogP contribution in [0.4, 0.5) is 0 Å². The maximum Gasteiger partial charge on any atom is 0.308 e. The van der Waals surface area contributed by atoms with E-state index < -0.39 is 11.9 Å². The van der Waals surface area contributed by atoms with Gasteiger partial charge in [-0.05, 0) is 50.5 Å². The number of carboxylic acids is 1. The summed E-state index contributed by atoms with van der Waals surface area (Å²) in [6.07, 6.45) is 3.62. The Bertz CT molecular complexity index is 717. The van der Waals surface area contributed by atoms with E-state index in [0.29, 0.717) is 35.8 Å². The zero-order valence-corrected chi connectivity index (χ0v) is 15.1. The average molecular weight is 346 g/mol. The second-order valence-electron chi connectivity index (χ2n) is 7.44. The first-order valence-electron chi connectivity index (χ1n) is 9.09. The number of H-pyrrole nitrogens is 1. The fourth-order valence-corrected chi connectivity index (χ4v) is 4.25. The lowest BCUT2D eigenvalue weighted by atomic mass is 9.92. The summed E-state index contributed by atoms with van der Waals surface area (Å²) in [4.78, 5) is 41.4. The van der Waals surface area contributed by atoms with Gasteiger partial charge in [0.15, 0.2) is 5.78 Å². The third-order valence-corrected chi connectivity index (χ3v) is 5.55. The van der Waals surface area contributed by atoms with Gasteiger partial charge in [-0.1, -0.05) is 13.3 Å². The second-order valence-corrected chi connectivity index (χ2v) is 7.44. The van der Waals surface area contributed by atoms with Gasteiger partial charge >= 0.3 is 5.97 Å². The molecule has 1 saturated carbocycles. The number of rotatable bonds is 6. The van der Waals surface area contributed by atoms with E-state index in [4.69, 9.17) is 0 Å². The number of ketones is 1. The number of likely N-dealkylation sites (tertiary alicyclic amines) is 1. The molecular formula is C19H26N2O4. The van der Waals surface area contributed by atoms with Crippen LogP contribution in [0, 0.1) is 24.7 Å². The number of hydrogen-bond acceptors (Lipinski definition) is 3. The molecule has 1 saturated heterocycles. The molecule has 1 aliphatic heterocycles. The Hall–Kier alpha value is -2.11. The molecule has 0 unspecified atom stereocenters. The Kier molecular flexibility index (Phi) is 4.71. The lowest BCUT2D eigenvalue weighted by molar-refractivity contribution is -0.142. The quantitative estimate of drug-likeness (QED) is 0.775. The lowest BCUT2D eigenvalue weighted by Gasteiger charge is -2.16. The van der Waals surface area contributed by atoms with Crippen LogP contribution in [-0.4, -0.2) is 45.7 Å². The molecule has 136 valence electrons. The van der Waals surface area contributed by atoms with Crippen molar-refractivity contribution in [3.63, 3.8) is 0 Å². The summed E-state index contributed by atoms with van der Waals surface area (Å²) in [7, 11) is 0. The van der Waals surface area contributed by atoms with Crippen molar-refractivity contribution in [1.82, 2.24) is 9.88 Å². The predicted molar refractivity (Wildman–Crippen MR) is 92.8 cm³/mol. The normalized spacial score (nSPS) is 23.1. The van der Waals surface area contributed by atoms with Gasteiger partial charge in [-0.2, -0.15) is 0 Å². The van der Waals surface area contributed by atoms with E-state index in [-0.39, 0.29) is 24.2 Å². The standard InChI is InChI=1S/C19H26N2O4/c1-4-5-13-16(11(3)22)10(2)20-17(13)18(23)21-8-14(12-6-7-12)15(9-21)19(24)25/h12,14-15,20H,4-9H2,1-3H3,(H,24,25)/t14-,15+/m1/s1. The summed E-state index contributed by atoms with van der Waals surface area (Å²) >= 11 is 0. The maximum atomic E-state index is 13.1. The highest BCUT2D eigenvalue weighted by atomic mass is 16.4. The molecule has 2 fully saturated rings. The number of aliphatic carboxylic acids is 1. The zero-order valence-electron chi connectivity index (χ0n) is 15.1. The Morgan fingerprint density at radius 1 is 1.24 bits per heavy atom. The monoisotopic (exact) mass is 346 g/mol. The molecule has 0 bridgehead atoms. The molecule has 3 rings (SSSR count). The minimum Gasteiger partial charge on any atom is -0.481 e. The molecule has 0 radical (unpaired) electrons. The van der Waals surface area contributed by atoms with Crippen molar-refractivity contribution in [3.05, 3.63) is 22.5 Å². The van der Waals surface area contributed by atoms with Crippen molar-refractivity contribution in [3.8, 4) is 0 Å². The van der Waals surface area contributed by atoms with Crippen LogP contribution < -0.4 is 0 Å². The summed E-state index contributed by atoms with van der Waals surface area (Å²) in [5.74, 6) is -1.01. The van der Waals surface area contributed by atoms with Gasteiger partial charge in [-0.3, -0.25) is 14.4 Å². The third kappa shape index (κ3) is 3.22. The Morgan fingerprint density at radius 3 is 2.44 bits per heavy atom. The molecule has 6 heteroatoms. The molecule has 0 aromatic carbocycles. The first-order valence-corrected chi connectivity index (χ1v) is 9.09. The van der Waals surface area contributed by atoms with Crippen molar-refractivity contribution in [2.45, 2.75) is 46.5 Å². The third-order valence-electron chi connectivity index (χ3n) is 5.55. The molecule has 2 atom stereocenters. The van der Waals surface area contributed by atoms with Crippen molar-refractivity contribution in [2.75, 3.05) is 13.1 Å². The van der Waals surface area contributed by atoms with Crippen LogP contribution in [-0.2, 0) is 11.2 Å². The summed E-state index contributed by atoms with van der Waals surface area (Å²) in [6.45, 7) is 6.10. The van der Waals surface area contributed by atoms with Crippen LogP contribution >= 0.6 is 0 Å². The predicted octanol–water partition coefficient (Wildman–Crippen LogP) is 2.66. The molecule has 2 aliphatic rings. The molecule has 2 heterocycles. The van der Waals surface area contributed by atoms with Crippen LogP contribution in [0.15, 0.2) is 0 Å². The van der Waals surface area contributed by atoms with E-state index in [1.807, 2.05) is 13.8 Å². The number of aryl methyl sites for hydroxylation is 1. The maximum absolute atomic E-state index is 13.1. The van der Waals surface area contributed by atoms with Gasteiger partial charge in [0.2, 0.25) is 0 Å². The highest BCUT2D eigenvalue weighted by Crippen LogP contribution is 2.44. The number of carboxylic acid groups (broad SMARTS) is 1. The number of amides is 1. The van der Waals surface area contributed by atoms with E-state index >= 15 is 0 Å². The molecular weight excluding hydrogens is 320 g/mol. The van der Waals surface area contributed by atoms with E-state index in [0.717, 1.165) is 24.8 Å². The summed E-state index contributed by atoms with van der Waals surface area (Å²) < 4.78 is 0. The van der Waals surface area contributed by atoms with E-state index in [1.165, 1.54) is 6.92 Å². The largest absolute Gasteiger partial charge is 0.481 e. The highest BCUT2D eigenvalue weighted by molar-refractivity contribution is 6.03. The molecule has 25 heavy (non-hydrogen) atoms. The summed E-state index contributed by atoms with van der Waals surface area (Å²) in [6, 6.07) is 0. The van der Waals surface area contributed by atoms with Crippen LogP contribution in [0.1, 0.15) is 65.2 Å².